The normalized spacial score (nSPS) is 12.3. The van der Waals surface area contributed by atoms with Crippen molar-refractivity contribution in [2.45, 2.75) is 5.92 Å². The standard InChI is InChI=1S/C25H25N3O2/c1-28(2)19-11-9-18(10-12-19)22(23-17-26-24-8-4-3-7-21(23)24)16-27-25(29)14-13-20-6-5-15-30-20/h3-15,17,22,26H,16H2,1-2H3,(H,27,29)/b14-13+. The molecule has 0 radical (unpaired) electrons. The molecule has 2 N–H and O–H groups in total. The second-order valence-electron chi connectivity index (χ2n) is 7.42. The van der Waals surface area contributed by atoms with E-state index in [4.69, 9.17) is 4.42 Å². The van der Waals surface area contributed by atoms with Gasteiger partial charge in [0.05, 0.1) is 6.26 Å². The Balaban J connectivity index is 1.59. The molecule has 0 fully saturated rings. The molecule has 1 unspecified atom stereocenters. The number of hydrogen-bond acceptors (Lipinski definition) is 3. The van der Waals surface area contributed by atoms with Crippen molar-refractivity contribution < 1.29 is 9.21 Å². The lowest BCUT2D eigenvalue weighted by Crippen LogP contribution is -2.27. The quantitative estimate of drug-likeness (QED) is 0.439. The van der Waals surface area contributed by atoms with E-state index in [1.54, 1.807) is 18.4 Å². The molecule has 4 rings (SSSR count). The van der Waals surface area contributed by atoms with Gasteiger partial charge in [-0.3, -0.25) is 4.79 Å². The number of hydrogen-bond donors (Lipinski definition) is 2. The average Bonchev–Trinajstić information content (AvgIpc) is 3.43. The molecule has 0 spiro atoms. The topological polar surface area (TPSA) is 61.3 Å². The molecular weight excluding hydrogens is 374 g/mol. The molecule has 5 nitrogen and oxygen atoms in total. The van der Waals surface area contributed by atoms with E-state index >= 15 is 0 Å². The van der Waals surface area contributed by atoms with Crippen molar-refractivity contribution in [3.63, 3.8) is 0 Å². The Labute approximate surface area is 176 Å². The molecule has 0 saturated carbocycles. The van der Waals surface area contributed by atoms with Crippen LogP contribution in [0.5, 0.6) is 0 Å². The van der Waals surface area contributed by atoms with Gasteiger partial charge in [-0.15, -0.1) is 0 Å². The number of aromatic nitrogens is 1. The Bertz CT molecular complexity index is 1140. The molecule has 4 aromatic rings. The number of furan rings is 1. The first-order valence-corrected chi connectivity index (χ1v) is 9.94. The fourth-order valence-corrected chi connectivity index (χ4v) is 3.60. The first-order valence-electron chi connectivity index (χ1n) is 9.94. The summed E-state index contributed by atoms with van der Waals surface area (Å²) in [5.74, 6) is 0.525. The lowest BCUT2D eigenvalue weighted by atomic mass is 9.90. The number of carbonyl (C=O) groups excluding carboxylic acids is 1. The molecule has 30 heavy (non-hydrogen) atoms. The summed E-state index contributed by atoms with van der Waals surface area (Å²) < 4.78 is 5.24. The summed E-state index contributed by atoms with van der Waals surface area (Å²) >= 11 is 0. The van der Waals surface area contributed by atoms with Gasteiger partial charge >= 0.3 is 0 Å². The number of rotatable bonds is 7. The Morgan fingerprint density at radius 2 is 1.90 bits per heavy atom. The molecule has 1 atom stereocenters. The van der Waals surface area contributed by atoms with Crippen LogP contribution in [0.3, 0.4) is 0 Å². The fourth-order valence-electron chi connectivity index (χ4n) is 3.60. The predicted octanol–water partition coefficient (Wildman–Crippen LogP) is 4.79. The summed E-state index contributed by atoms with van der Waals surface area (Å²) in [6.45, 7) is 0.491. The lowest BCUT2D eigenvalue weighted by molar-refractivity contribution is -0.116. The molecule has 0 aliphatic heterocycles. The number of nitrogens with one attached hydrogen (secondary N) is 2. The minimum absolute atomic E-state index is 0.0262. The van der Waals surface area contributed by atoms with Crippen molar-refractivity contribution in [1.29, 1.82) is 0 Å². The van der Waals surface area contributed by atoms with Gasteiger partial charge in [0.15, 0.2) is 0 Å². The molecule has 0 saturated heterocycles. The number of nitrogens with zero attached hydrogens (tertiary/aromatic N) is 1. The zero-order chi connectivity index (χ0) is 20.9. The lowest BCUT2D eigenvalue weighted by Gasteiger charge is -2.19. The number of fused-ring (bicyclic) bond motifs is 1. The third-order valence-corrected chi connectivity index (χ3v) is 5.23. The van der Waals surface area contributed by atoms with Gasteiger partial charge in [-0.05, 0) is 47.5 Å². The minimum Gasteiger partial charge on any atom is -0.465 e. The fraction of sp³-hybridized carbons (Fsp3) is 0.160. The number of benzene rings is 2. The average molecular weight is 399 g/mol. The van der Waals surface area contributed by atoms with Crippen molar-refractivity contribution in [2.75, 3.05) is 25.5 Å². The van der Waals surface area contributed by atoms with E-state index in [1.165, 1.54) is 17.0 Å². The Hall–Kier alpha value is -3.73. The van der Waals surface area contributed by atoms with E-state index in [0.29, 0.717) is 12.3 Å². The second-order valence-corrected chi connectivity index (χ2v) is 7.42. The second kappa shape index (κ2) is 8.74. The number of amides is 1. The summed E-state index contributed by atoms with van der Waals surface area (Å²) in [6.07, 6.45) is 6.80. The van der Waals surface area contributed by atoms with Gasteiger partial charge in [0.2, 0.25) is 5.91 Å². The van der Waals surface area contributed by atoms with E-state index in [-0.39, 0.29) is 11.8 Å². The highest BCUT2D eigenvalue weighted by molar-refractivity contribution is 5.91. The largest absolute Gasteiger partial charge is 0.465 e. The maximum atomic E-state index is 12.4. The van der Waals surface area contributed by atoms with Crippen LogP contribution in [0.4, 0.5) is 5.69 Å². The summed E-state index contributed by atoms with van der Waals surface area (Å²) in [4.78, 5) is 17.8. The summed E-state index contributed by atoms with van der Waals surface area (Å²) in [5, 5.41) is 4.21. The zero-order valence-electron chi connectivity index (χ0n) is 17.1. The van der Waals surface area contributed by atoms with Gasteiger partial charge in [-0.1, -0.05) is 30.3 Å². The van der Waals surface area contributed by atoms with Crippen LogP contribution in [0.1, 0.15) is 22.8 Å². The van der Waals surface area contributed by atoms with Crippen LogP contribution in [-0.4, -0.2) is 31.5 Å². The third-order valence-electron chi connectivity index (χ3n) is 5.23. The maximum absolute atomic E-state index is 12.4. The highest BCUT2D eigenvalue weighted by Gasteiger charge is 2.19. The van der Waals surface area contributed by atoms with Gasteiger partial charge in [0.25, 0.3) is 0 Å². The van der Waals surface area contributed by atoms with Crippen molar-refractivity contribution in [2.24, 2.45) is 0 Å². The van der Waals surface area contributed by atoms with Crippen molar-refractivity contribution >= 4 is 28.6 Å². The van der Waals surface area contributed by atoms with E-state index < -0.39 is 0 Å². The number of anilines is 1. The van der Waals surface area contributed by atoms with Gasteiger partial charge in [-0.2, -0.15) is 0 Å². The van der Waals surface area contributed by atoms with Crippen LogP contribution in [0, 0.1) is 0 Å². The molecule has 152 valence electrons. The molecule has 2 heterocycles. The number of para-hydroxylation sites is 1. The number of aromatic amines is 1. The monoisotopic (exact) mass is 399 g/mol. The SMILES string of the molecule is CN(C)c1ccc(C(CNC(=O)/C=C/c2ccco2)c2c[nH]c3ccccc23)cc1. The molecule has 2 aromatic carbocycles. The minimum atomic E-state index is -0.152. The molecule has 0 bridgehead atoms. The van der Waals surface area contributed by atoms with Crippen LogP contribution >= 0.6 is 0 Å². The highest BCUT2D eigenvalue weighted by atomic mass is 16.3. The molecule has 0 aliphatic rings. The van der Waals surface area contributed by atoms with Crippen LogP contribution < -0.4 is 10.2 Å². The highest BCUT2D eigenvalue weighted by Crippen LogP contribution is 2.31. The zero-order valence-corrected chi connectivity index (χ0v) is 17.1. The van der Waals surface area contributed by atoms with Crippen molar-refractivity contribution in [1.82, 2.24) is 10.3 Å². The van der Waals surface area contributed by atoms with Crippen LogP contribution in [0.15, 0.2) is 83.6 Å². The van der Waals surface area contributed by atoms with Crippen LogP contribution in [-0.2, 0) is 4.79 Å². The first kappa shape index (κ1) is 19.6. The molecular formula is C25H25N3O2. The Morgan fingerprint density at radius 1 is 1.10 bits per heavy atom. The Morgan fingerprint density at radius 3 is 2.63 bits per heavy atom. The number of carbonyl (C=O) groups is 1. The van der Waals surface area contributed by atoms with Crippen LogP contribution in [0.25, 0.3) is 17.0 Å². The molecule has 0 aliphatic carbocycles. The molecule has 2 aromatic heterocycles. The van der Waals surface area contributed by atoms with Crippen molar-refractivity contribution in [3.8, 4) is 0 Å². The van der Waals surface area contributed by atoms with E-state index in [2.05, 4.69) is 51.6 Å². The molecule has 5 heteroatoms. The smallest absolute Gasteiger partial charge is 0.244 e. The summed E-state index contributed by atoms with van der Waals surface area (Å²) in [5.41, 5.74) is 4.55. The summed E-state index contributed by atoms with van der Waals surface area (Å²) in [6, 6.07) is 20.3. The predicted molar refractivity (Wildman–Crippen MR) is 122 cm³/mol. The Kier molecular flexibility index (Phi) is 5.70. The van der Waals surface area contributed by atoms with E-state index in [0.717, 1.165) is 16.8 Å². The van der Waals surface area contributed by atoms with Crippen LogP contribution in [0.2, 0.25) is 0 Å². The number of H-pyrrole nitrogens is 1. The van der Waals surface area contributed by atoms with Gasteiger partial charge in [-0.25, -0.2) is 0 Å². The summed E-state index contributed by atoms with van der Waals surface area (Å²) in [7, 11) is 4.05. The maximum Gasteiger partial charge on any atom is 0.244 e. The van der Waals surface area contributed by atoms with E-state index in [9.17, 15) is 4.79 Å². The first-order chi connectivity index (χ1) is 14.6. The van der Waals surface area contributed by atoms with Gasteiger partial charge < -0.3 is 19.6 Å². The van der Waals surface area contributed by atoms with Crippen molar-refractivity contribution in [3.05, 3.63) is 96.1 Å². The molecule has 1 amide bonds. The van der Waals surface area contributed by atoms with Gasteiger partial charge in [0.1, 0.15) is 5.76 Å². The third kappa shape index (κ3) is 4.30. The van der Waals surface area contributed by atoms with E-state index in [1.807, 2.05) is 38.5 Å². The van der Waals surface area contributed by atoms with Gasteiger partial charge in [0, 0.05) is 55.4 Å².